The summed E-state index contributed by atoms with van der Waals surface area (Å²) < 4.78 is 37.1. The summed E-state index contributed by atoms with van der Waals surface area (Å²) in [4.78, 5) is 29.8. The number of carbonyl (C=O) groups excluding carboxylic acids is 2. The fourth-order valence-electron chi connectivity index (χ4n) is 8.41. The molecule has 0 aromatic carbocycles. The van der Waals surface area contributed by atoms with Gasteiger partial charge in [0.05, 0.1) is 47.6 Å². The summed E-state index contributed by atoms with van der Waals surface area (Å²) in [6.07, 6.45) is -9.71. The van der Waals surface area contributed by atoms with Crippen LogP contribution in [0.15, 0.2) is 0 Å². The number of aliphatic hydroxyl groups is 5. The number of rotatable bonds is 7. The van der Waals surface area contributed by atoms with Crippen LogP contribution in [-0.4, -0.2) is 148 Å². The van der Waals surface area contributed by atoms with Gasteiger partial charge in [-0.05, 0) is 74.9 Å². The molecule has 3 saturated heterocycles. The van der Waals surface area contributed by atoms with E-state index in [9.17, 15) is 35.1 Å². The monoisotopic (exact) mass is 735 g/mol. The minimum atomic E-state index is -1.99. The van der Waals surface area contributed by atoms with Crippen molar-refractivity contribution in [3.05, 3.63) is 0 Å². The predicted molar refractivity (Wildman–Crippen MR) is 186 cm³/mol. The number of hydrogen-bond donors (Lipinski definition) is 5. The maximum atomic E-state index is 14.1. The lowest BCUT2D eigenvalue weighted by Crippen LogP contribution is -2.61. The molecule has 0 aromatic rings. The zero-order valence-electron chi connectivity index (χ0n) is 32.9. The highest BCUT2D eigenvalue weighted by atomic mass is 16.7. The van der Waals surface area contributed by atoms with Gasteiger partial charge in [-0.1, -0.05) is 27.7 Å². The summed E-state index contributed by atoms with van der Waals surface area (Å²) in [6.45, 7) is 16.3. The summed E-state index contributed by atoms with van der Waals surface area (Å²) >= 11 is 0. The van der Waals surface area contributed by atoms with Gasteiger partial charge < -0.3 is 58.9 Å². The van der Waals surface area contributed by atoms with Gasteiger partial charge in [-0.2, -0.15) is 0 Å². The molecule has 0 spiro atoms. The minimum Gasteiger partial charge on any atom is -0.459 e. The van der Waals surface area contributed by atoms with Gasteiger partial charge in [-0.25, -0.2) is 0 Å². The van der Waals surface area contributed by atoms with E-state index in [0.717, 1.165) is 0 Å². The minimum absolute atomic E-state index is 0.0936. The third-order valence-electron chi connectivity index (χ3n) is 11.8. The van der Waals surface area contributed by atoms with E-state index in [0.29, 0.717) is 6.42 Å². The Bertz CT molecular complexity index is 1170. The van der Waals surface area contributed by atoms with Gasteiger partial charge in [0, 0.05) is 37.3 Å². The third kappa shape index (κ3) is 9.51. The fraction of sp³-hybridized carbons (Fsp3) is 0.946. The Morgan fingerprint density at radius 2 is 1.53 bits per heavy atom. The Balaban J connectivity index is 2.18. The van der Waals surface area contributed by atoms with Gasteiger partial charge in [0.2, 0.25) is 0 Å². The Kier molecular flexibility index (Phi) is 14.7. The molecule has 14 nitrogen and oxygen atoms in total. The standard InChI is InChI=1S/C37H67NO13/c1-14-25-37(10,45)30(41)20(4)27(39)18(2)16-35(8,44)32(51-34-28(40)24(38(11)12)15-19(3)47-34)21(5)29(22(6)33(43)49-25)50-26-17-36(9,46-13)31(42)23(7)48-26/h18-26,28-32,34,40-42,44-45H,14-17H2,1-13H3/t18-,19-,20-,21+,22-,23-,24+,25-,26+,28-,29+,30-,31+,32-,34+,35-,36-,37-/m1/s1/i11+2. The van der Waals surface area contributed by atoms with Gasteiger partial charge in [0.15, 0.2) is 12.6 Å². The molecule has 51 heavy (non-hydrogen) atoms. The van der Waals surface area contributed by atoms with Crippen LogP contribution in [0, 0.1) is 23.7 Å². The van der Waals surface area contributed by atoms with Crippen molar-refractivity contribution in [1.82, 2.24) is 4.90 Å². The lowest BCUT2D eigenvalue weighted by molar-refractivity contribution is -0.318. The first-order chi connectivity index (χ1) is 23.4. The second kappa shape index (κ2) is 17.0. The smallest absolute Gasteiger partial charge is 0.311 e. The van der Waals surface area contributed by atoms with Crippen LogP contribution in [0.4, 0.5) is 0 Å². The molecule has 0 amide bonds. The molecule has 14 heteroatoms. The largest absolute Gasteiger partial charge is 0.459 e. The van der Waals surface area contributed by atoms with Crippen LogP contribution in [0.25, 0.3) is 0 Å². The number of likely N-dealkylation sites (N-methyl/N-ethyl adjacent to an activating group) is 1. The Morgan fingerprint density at radius 3 is 2.08 bits per heavy atom. The molecular formula is C37H67NO13. The molecule has 3 rings (SSSR count). The topological polar surface area (TPSA) is 194 Å². The zero-order valence-corrected chi connectivity index (χ0v) is 32.9. The van der Waals surface area contributed by atoms with Crippen molar-refractivity contribution in [2.24, 2.45) is 23.7 Å². The van der Waals surface area contributed by atoms with Gasteiger partial charge in [-0.15, -0.1) is 0 Å². The van der Waals surface area contributed by atoms with E-state index in [1.807, 2.05) is 25.9 Å². The maximum Gasteiger partial charge on any atom is 0.311 e. The summed E-state index contributed by atoms with van der Waals surface area (Å²) in [5.74, 6) is -4.98. The van der Waals surface area contributed by atoms with Crippen LogP contribution in [-0.2, 0) is 38.0 Å². The van der Waals surface area contributed by atoms with E-state index >= 15 is 0 Å². The lowest BCUT2D eigenvalue weighted by Gasteiger charge is -2.49. The molecule has 0 bridgehead atoms. The molecule has 0 radical (unpaired) electrons. The molecule has 3 fully saturated rings. The van der Waals surface area contributed by atoms with Crippen molar-refractivity contribution < 1.29 is 63.5 Å². The molecular weight excluding hydrogens is 668 g/mol. The first-order valence-electron chi connectivity index (χ1n) is 18.5. The molecule has 298 valence electrons. The van der Waals surface area contributed by atoms with Crippen LogP contribution in [0.5, 0.6) is 0 Å². The van der Waals surface area contributed by atoms with Crippen molar-refractivity contribution in [3.8, 4) is 0 Å². The van der Waals surface area contributed by atoms with Crippen LogP contribution in [0.2, 0.25) is 0 Å². The van der Waals surface area contributed by atoms with E-state index in [4.69, 9.17) is 28.4 Å². The van der Waals surface area contributed by atoms with E-state index in [1.54, 1.807) is 41.5 Å². The van der Waals surface area contributed by atoms with Crippen LogP contribution in [0.3, 0.4) is 0 Å². The van der Waals surface area contributed by atoms with Crippen LogP contribution in [0.1, 0.15) is 94.9 Å². The molecule has 0 aromatic heterocycles. The Hall–Kier alpha value is -1.30. The number of nitrogens with zero attached hydrogens (tertiary/aromatic N) is 1. The number of cyclic esters (lactones) is 1. The molecule has 0 aliphatic carbocycles. The molecule has 3 heterocycles. The van der Waals surface area contributed by atoms with Gasteiger partial charge in [-0.3, -0.25) is 9.59 Å². The SMILES string of the molecule is CC[C@H]1OC(=O)[C@H](C)[C@@H](O[C@H]2C[C@@](C)(OC)[C@@H](O)[C@@H](C)O2)[C@H](C)[C@@H](O[C@@H]2O[C@H](C)C[C@H](N(C)[14CH3])[C@H]2O)[C@](C)(O)C[C@@H](C)C(=O)[C@@H](C)[C@@H](O)[C@]1(C)O. The molecule has 3 aliphatic heterocycles. The van der Waals surface area contributed by atoms with Gasteiger partial charge >= 0.3 is 5.97 Å². The maximum absolute atomic E-state index is 14.1. The Morgan fingerprint density at radius 1 is 0.922 bits per heavy atom. The molecule has 5 N–H and O–H groups in total. The predicted octanol–water partition coefficient (Wildman–Crippen LogP) is 1.79. The van der Waals surface area contributed by atoms with Crippen molar-refractivity contribution in [1.29, 1.82) is 0 Å². The fourth-order valence-corrected chi connectivity index (χ4v) is 8.41. The highest BCUT2D eigenvalue weighted by Crippen LogP contribution is 2.40. The number of esters is 1. The molecule has 18 atom stereocenters. The normalized spacial score (nSPS) is 49.7. The number of aliphatic hydroxyl groups excluding tert-OH is 3. The number of carbonyl (C=O) groups is 2. The van der Waals surface area contributed by atoms with Crippen molar-refractivity contribution in [2.45, 2.75) is 179 Å². The summed E-state index contributed by atoms with van der Waals surface area (Å²) in [5.41, 5.74) is -4.84. The number of ether oxygens (including phenoxy) is 6. The molecule has 0 unspecified atom stereocenters. The van der Waals surface area contributed by atoms with Crippen molar-refractivity contribution >= 4 is 11.8 Å². The van der Waals surface area contributed by atoms with Crippen LogP contribution < -0.4 is 0 Å². The average molecular weight is 736 g/mol. The zero-order chi connectivity index (χ0) is 39.0. The molecule has 3 aliphatic rings. The Labute approximate surface area is 304 Å². The first kappa shape index (κ1) is 44.1. The van der Waals surface area contributed by atoms with Gasteiger partial charge in [0.25, 0.3) is 0 Å². The van der Waals surface area contributed by atoms with E-state index in [2.05, 4.69) is 0 Å². The summed E-state index contributed by atoms with van der Waals surface area (Å²) in [5, 5.41) is 57.6. The number of ketones is 1. The number of methoxy groups -OCH3 is 1. The van der Waals surface area contributed by atoms with Crippen LogP contribution >= 0.6 is 0 Å². The average Bonchev–Trinajstić information content (AvgIpc) is 3.05. The number of Topliss-reactive ketones (excluding diaryl/α,β-unsaturated/α-hetero) is 1. The van der Waals surface area contributed by atoms with Crippen molar-refractivity contribution in [2.75, 3.05) is 21.2 Å². The number of hydrogen-bond acceptors (Lipinski definition) is 14. The van der Waals surface area contributed by atoms with E-state index in [-0.39, 0.29) is 31.4 Å². The second-order valence-electron chi connectivity index (χ2n) is 16.5. The third-order valence-corrected chi connectivity index (χ3v) is 11.8. The first-order valence-corrected chi connectivity index (χ1v) is 18.5. The highest BCUT2D eigenvalue weighted by Gasteiger charge is 2.53. The quantitative estimate of drug-likeness (QED) is 0.238. The second-order valence-corrected chi connectivity index (χ2v) is 16.5. The van der Waals surface area contributed by atoms with Gasteiger partial charge in [0.1, 0.15) is 29.7 Å². The van der Waals surface area contributed by atoms with E-state index < -0.39 is 108 Å². The summed E-state index contributed by atoms with van der Waals surface area (Å²) in [7, 11) is 5.18. The molecule has 0 saturated carbocycles. The van der Waals surface area contributed by atoms with E-state index in [1.165, 1.54) is 27.9 Å². The highest BCUT2D eigenvalue weighted by molar-refractivity contribution is 5.83. The van der Waals surface area contributed by atoms with Crippen molar-refractivity contribution in [3.63, 3.8) is 0 Å². The summed E-state index contributed by atoms with van der Waals surface area (Å²) in [6, 6.07) is -0.324. The lowest BCUT2D eigenvalue weighted by atomic mass is 9.74.